The third-order valence-electron chi connectivity index (χ3n) is 7.70. The SMILES string of the molecule is CC(=O)OC1=C2[C@@H]3CCC[C@@]3(C)CC[C@@H]2[C@@]2(C)CCC(O)(O)CC2=C1. The van der Waals surface area contributed by atoms with Crippen molar-refractivity contribution >= 4 is 5.97 Å². The highest BCUT2D eigenvalue weighted by molar-refractivity contribution is 5.68. The number of rotatable bonds is 1. The van der Waals surface area contributed by atoms with Crippen molar-refractivity contribution in [1.82, 2.24) is 0 Å². The molecule has 0 aromatic rings. The van der Waals surface area contributed by atoms with Crippen LogP contribution in [-0.2, 0) is 9.53 Å². The van der Waals surface area contributed by atoms with Crippen LogP contribution in [-0.4, -0.2) is 22.0 Å². The Balaban J connectivity index is 1.84. The van der Waals surface area contributed by atoms with E-state index in [4.69, 9.17) is 4.74 Å². The van der Waals surface area contributed by atoms with Gasteiger partial charge in [0.25, 0.3) is 0 Å². The molecule has 0 saturated heterocycles. The van der Waals surface area contributed by atoms with Crippen LogP contribution in [0.2, 0.25) is 0 Å². The molecule has 0 bridgehead atoms. The highest BCUT2D eigenvalue weighted by Gasteiger charge is 2.56. The lowest BCUT2D eigenvalue weighted by atomic mass is 9.51. The van der Waals surface area contributed by atoms with Gasteiger partial charge in [0, 0.05) is 19.8 Å². The predicted octanol–water partition coefficient (Wildman–Crippen LogP) is 3.83. The summed E-state index contributed by atoms with van der Waals surface area (Å²) in [5.74, 6) is -0.373. The van der Waals surface area contributed by atoms with Gasteiger partial charge in [-0.15, -0.1) is 0 Å². The third kappa shape index (κ3) is 2.60. The zero-order valence-electron chi connectivity index (χ0n) is 15.6. The van der Waals surface area contributed by atoms with E-state index < -0.39 is 5.79 Å². The van der Waals surface area contributed by atoms with Crippen LogP contribution in [0, 0.1) is 22.7 Å². The molecule has 0 unspecified atom stereocenters. The number of carbonyl (C=O) groups is 1. The molecule has 4 atom stereocenters. The standard InChI is InChI=1S/C21H30O4/c1-13(22)25-17-11-14-12-21(23,24)10-9-20(14,3)16-6-8-19(2)7-4-5-15(19)18(16)17/h11,15-16,23-24H,4-10,12H2,1-3H3/t15-,16-,19-,20-/m0/s1. The van der Waals surface area contributed by atoms with Crippen molar-refractivity contribution in [3.05, 3.63) is 23.0 Å². The number of esters is 1. The second-order valence-electron chi connectivity index (χ2n) is 9.35. The van der Waals surface area contributed by atoms with Crippen molar-refractivity contribution in [2.24, 2.45) is 22.7 Å². The highest BCUT2D eigenvalue weighted by atomic mass is 16.5. The van der Waals surface area contributed by atoms with Crippen LogP contribution in [0.15, 0.2) is 23.0 Å². The first-order chi connectivity index (χ1) is 11.6. The Morgan fingerprint density at radius 3 is 2.60 bits per heavy atom. The summed E-state index contributed by atoms with van der Waals surface area (Å²) in [6, 6.07) is 0. The van der Waals surface area contributed by atoms with E-state index in [9.17, 15) is 15.0 Å². The molecule has 4 rings (SSSR count). The molecule has 0 aromatic heterocycles. The van der Waals surface area contributed by atoms with Gasteiger partial charge in [0.05, 0.1) is 0 Å². The minimum absolute atomic E-state index is 0.0438. The van der Waals surface area contributed by atoms with Gasteiger partial charge in [0.1, 0.15) is 5.76 Å². The molecule has 2 N–H and O–H groups in total. The molecule has 138 valence electrons. The van der Waals surface area contributed by atoms with Gasteiger partial charge in [-0.1, -0.05) is 25.8 Å². The number of fused-ring (bicyclic) bond motifs is 5. The fourth-order valence-electron chi connectivity index (χ4n) is 6.25. The Morgan fingerprint density at radius 1 is 1.12 bits per heavy atom. The Bertz CT molecular complexity index is 673. The first-order valence-electron chi connectivity index (χ1n) is 9.73. The van der Waals surface area contributed by atoms with Crippen molar-refractivity contribution in [1.29, 1.82) is 0 Å². The summed E-state index contributed by atoms with van der Waals surface area (Å²) in [7, 11) is 0. The maximum absolute atomic E-state index is 11.7. The van der Waals surface area contributed by atoms with E-state index in [0.29, 0.717) is 29.4 Å². The second-order valence-corrected chi connectivity index (χ2v) is 9.35. The average Bonchev–Trinajstić information content (AvgIpc) is 2.90. The molecule has 25 heavy (non-hydrogen) atoms. The number of carbonyl (C=O) groups excluding carboxylic acids is 1. The van der Waals surface area contributed by atoms with E-state index in [1.165, 1.54) is 38.2 Å². The van der Waals surface area contributed by atoms with E-state index in [2.05, 4.69) is 13.8 Å². The summed E-state index contributed by atoms with van der Waals surface area (Å²) < 4.78 is 5.68. The van der Waals surface area contributed by atoms with Crippen LogP contribution in [0.3, 0.4) is 0 Å². The molecule has 4 aliphatic carbocycles. The molecule has 3 fully saturated rings. The first kappa shape index (κ1) is 17.3. The highest BCUT2D eigenvalue weighted by Crippen LogP contribution is 2.64. The van der Waals surface area contributed by atoms with Gasteiger partial charge in [-0.05, 0) is 66.4 Å². The van der Waals surface area contributed by atoms with Gasteiger partial charge in [-0.3, -0.25) is 4.79 Å². The normalized spacial score (nSPS) is 42.2. The Labute approximate surface area is 149 Å². The number of ether oxygens (including phenoxy) is 1. The molecule has 0 heterocycles. The second kappa shape index (κ2) is 5.43. The Hall–Kier alpha value is -1.13. The molecule has 4 heteroatoms. The minimum atomic E-state index is -1.64. The molecule has 0 radical (unpaired) electrons. The van der Waals surface area contributed by atoms with Crippen LogP contribution in [0.25, 0.3) is 0 Å². The number of aliphatic hydroxyl groups is 2. The third-order valence-corrected chi connectivity index (χ3v) is 7.70. The zero-order chi connectivity index (χ0) is 18.0. The molecular weight excluding hydrogens is 316 g/mol. The molecular formula is C21H30O4. The molecule has 4 aliphatic rings. The maximum Gasteiger partial charge on any atom is 0.308 e. The summed E-state index contributed by atoms with van der Waals surface area (Å²) in [4.78, 5) is 11.7. The van der Waals surface area contributed by atoms with E-state index in [-0.39, 0.29) is 17.8 Å². The molecule has 0 aromatic carbocycles. The van der Waals surface area contributed by atoms with Crippen LogP contribution in [0.5, 0.6) is 0 Å². The van der Waals surface area contributed by atoms with E-state index >= 15 is 0 Å². The molecule has 0 aliphatic heterocycles. The molecule has 0 amide bonds. The number of hydrogen-bond donors (Lipinski definition) is 2. The summed E-state index contributed by atoms with van der Waals surface area (Å²) in [5.41, 5.74) is 2.66. The van der Waals surface area contributed by atoms with Crippen LogP contribution in [0.4, 0.5) is 0 Å². The van der Waals surface area contributed by atoms with E-state index in [1.807, 2.05) is 6.08 Å². The van der Waals surface area contributed by atoms with Gasteiger partial charge in [0.2, 0.25) is 0 Å². The van der Waals surface area contributed by atoms with Crippen LogP contribution in [0.1, 0.15) is 72.1 Å². The van der Waals surface area contributed by atoms with Gasteiger partial charge < -0.3 is 14.9 Å². The average molecular weight is 346 g/mol. The molecule has 4 nitrogen and oxygen atoms in total. The largest absolute Gasteiger partial charge is 0.427 e. The monoisotopic (exact) mass is 346 g/mol. The van der Waals surface area contributed by atoms with Crippen molar-refractivity contribution in [3.63, 3.8) is 0 Å². The van der Waals surface area contributed by atoms with Gasteiger partial charge in [-0.2, -0.15) is 0 Å². The van der Waals surface area contributed by atoms with Crippen molar-refractivity contribution in [2.45, 2.75) is 77.9 Å². The summed E-state index contributed by atoms with van der Waals surface area (Å²) in [5, 5.41) is 20.3. The Morgan fingerprint density at radius 2 is 1.88 bits per heavy atom. The van der Waals surface area contributed by atoms with E-state index in [1.54, 1.807) is 0 Å². The van der Waals surface area contributed by atoms with Gasteiger partial charge in [-0.25, -0.2) is 0 Å². The quantitative estimate of drug-likeness (QED) is 0.559. The fraction of sp³-hybridized carbons (Fsp3) is 0.762. The first-order valence-corrected chi connectivity index (χ1v) is 9.73. The Kier molecular flexibility index (Phi) is 3.76. The van der Waals surface area contributed by atoms with Crippen LogP contribution >= 0.6 is 0 Å². The topological polar surface area (TPSA) is 66.8 Å². The minimum Gasteiger partial charge on any atom is -0.427 e. The fourth-order valence-corrected chi connectivity index (χ4v) is 6.25. The predicted molar refractivity (Wildman–Crippen MR) is 94.2 cm³/mol. The number of hydrogen-bond acceptors (Lipinski definition) is 4. The summed E-state index contributed by atoms with van der Waals surface area (Å²) in [6.45, 7) is 6.13. The zero-order valence-corrected chi connectivity index (χ0v) is 15.6. The summed E-state index contributed by atoms with van der Waals surface area (Å²) >= 11 is 0. The molecule has 3 saturated carbocycles. The van der Waals surface area contributed by atoms with Crippen LogP contribution < -0.4 is 0 Å². The van der Waals surface area contributed by atoms with Crippen molar-refractivity contribution in [3.8, 4) is 0 Å². The van der Waals surface area contributed by atoms with Crippen molar-refractivity contribution in [2.75, 3.05) is 0 Å². The summed E-state index contributed by atoms with van der Waals surface area (Å²) in [6.07, 6.45) is 9.40. The van der Waals surface area contributed by atoms with E-state index in [0.717, 1.165) is 18.4 Å². The van der Waals surface area contributed by atoms with Crippen molar-refractivity contribution < 1.29 is 19.7 Å². The number of allylic oxidation sites excluding steroid dienone is 2. The lowest BCUT2D eigenvalue weighted by Crippen LogP contribution is -2.48. The van der Waals surface area contributed by atoms with Gasteiger partial charge >= 0.3 is 5.97 Å². The van der Waals surface area contributed by atoms with Gasteiger partial charge in [0.15, 0.2) is 5.79 Å². The smallest absolute Gasteiger partial charge is 0.308 e. The lowest BCUT2D eigenvalue weighted by Gasteiger charge is -2.55. The lowest BCUT2D eigenvalue weighted by molar-refractivity contribution is -0.183. The molecule has 0 spiro atoms. The maximum atomic E-state index is 11.7.